The normalized spacial score (nSPS) is 10.9. The lowest BCUT2D eigenvalue weighted by molar-refractivity contribution is 0.259. The Labute approximate surface area is 156 Å². The molecule has 0 aliphatic rings. The summed E-state index contributed by atoms with van der Waals surface area (Å²) in [4.78, 5) is 20.4. The summed E-state index contributed by atoms with van der Waals surface area (Å²) in [5.41, 5.74) is 2.87. The van der Waals surface area contributed by atoms with Crippen LogP contribution in [0.3, 0.4) is 0 Å². The molecule has 5 nitrogen and oxygen atoms in total. The molecule has 1 radical (unpaired) electrons. The van der Waals surface area contributed by atoms with Crippen molar-refractivity contribution >= 4 is 67.3 Å². The molecule has 9 heteroatoms. The van der Waals surface area contributed by atoms with Crippen LogP contribution in [-0.2, 0) is 13.1 Å². The number of carbonyl (C=O) groups is 1. The first kappa shape index (κ1) is 16.7. The Kier molecular flexibility index (Phi) is 5.22. The number of fused-ring (bicyclic) bond motifs is 1. The topological polar surface area (TPSA) is 59.8 Å². The number of nitrogens with one attached hydrogen (secondary N) is 1. The van der Waals surface area contributed by atoms with Crippen LogP contribution in [0.25, 0.3) is 11.0 Å². The van der Waals surface area contributed by atoms with Crippen molar-refractivity contribution in [2.75, 3.05) is 0 Å². The second-order valence-corrected chi connectivity index (χ2v) is 6.94. The van der Waals surface area contributed by atoms with E-state index in [0.29, 0.717) is 18.1 Å². The van der Waals surface area contributed by atoms with Crippen LogP contribution in [0.1, 0.15) is 16.5 Å². The van der Waals surface area contributed by atoms with Gasteiger partial charge in [-0.25, -0.2) is 9.97 Å². The van der Waals surface area contributed by atoms with E-state index in [1.165, 1.54) is 16.5 Å². The Morgan fingerprint density at radius 1 is 1.48 bits per heavy atom. The Morgan fingerprint density at radius 3 is 3.09 bits per heavy atom. The molecule has 2 heterocycles. The van der Waals surface area contributed by atoms with Gasteiger partial charge in [0.25, 0.3) is 0 Å². The van der Waals surface area contributed by atoms with Crippen LogP contribution in [0, 0.1) is 6.92 Å². The molecule has 2 aromatic heterocycles. The van der Waals surface area contributed by atoms with Crippen molar-refractivity contribution in [2.24, 2.45) is 0 Å². The van der Waals surface area contributed by atoms with E-state index < -0.39 is 0 Å². The Morgan fingerprint density at radius 2 is 2.30 bits per heavy atom. The average molecular weight is 458 g/mol. The molecular formula is C14H12BClIN4OS. The maximum atomic E-state index is 11.2. The smallest absolute Gasteiger partial charge is 0.317 e. The fourth-order valence-corrected chi connectivity index (χ4v) is 3.39. The predicted octanol–water partition coefficient (Wildman–Crippen LogP) is 3.77. The monoisotopic (exact) mass is 457 g/mol. The maximum Gasteiger partial charge on any atom is 0.317 e. The molecule has 1 N–H and O–H groups in total. The highest BCUT2D eigenvalue weighted by Gasteiger charge is 2.11. The average Bonchev–Trinajstić information content (AvgIpc) is 3.11. The summed E-state index contributed by atoms with van der Waals surface area (Å²) in [5.74, 6) is 0.818. The van der Waals surface area contributed by atoms with E-state index in [0.717, 1.165) is 27.6 Å². The lowest BCUT2D eigenvalue weighted by Gasteiger charge is -2.04. The molecule has 23 heavy (non-hydrogen) atoms. The Hall–Kier alpha value is -1.13. The number of carbonyl (C=O) groups excluding carboxylic acids is 1. The number of benzene rings is 1. The van der Waals surface area contributed by atoms with E-state index in [9.17, 15) is 4.79 Å². The zero-order chi connectivity index (χ0) is 16.4. The van der Waals surface area contributed by atoms with Gasteiger partial charge in [0.15, 0.2) is 5.81 Å². The number of hydrogen-bond acceptors (Lipinski definition) is 4. The van der Waals surface area contributed by atoms with E-state index in [2.05, 4.69) is 19.9 Å². The number of rotatable bonds is 5. The van der Waals surface area contributed by atoms with Crippen LogP contribution in [0.5, 0.6) is 0 Å². The van der Waals surface area contributed by atoms with Crippen molar-refractivity contribution in [3.05, 3.63) is 45.1 Å². The van der Waals surface area contributed by atoms with Gasteiger partial charge in [0.1, 0.15) is 10.8 Å². The van der Waals surface area contributed by atoms with E-state index in [4.69, 9.17) is 11.6 Å². The second-order valence-electron chi connectivity index (χ2n) is 4.94. The molecule has 0 saturated carbocycles. The van der Waals surface area contributed by atoms with E-state index >= 15 is 0 Å². The van der Waals surface area contributed by atoms with Gasteiger partial charge in [0, 0.05) is 10.4 Å². The van der Waals surface area contributed by atoms with Crippen molar-refractivity contribution in [3.63, 3.8) is 0 Å². The number of aryl methyl sites for hydroxylation is 1. The molecule has 0 spiro atoms. The first-order chi connectivity index (χ1) is 11.1. The fourth-order valence-electron chi connectivity index (χ4n) is 2.28. The zero-order valence-corrected chi connectivity index (χ0v) is 15.9. The van der Waals surface area contributed by atoms with E-state index in [1.807, 2.05) is 52.9 Å². The van der Waals surface area contributed by atoms with Gasteiger partial charge in [-0.15, -0.1) is 33.7 Å². The van der Waals surface area contributed by atoms with Gasteiger partial charge < -0.3 is 9.88 Å². The van der Waals surface area contributed by atoms with Crippen LogP contribution in [0.4, 0.5) is 4.79 Å². The van der Waals surface area contributed by atoms with Gasteiger partial charge in [0.2, 0.25) is 0 Å². The Bertz CT molecular complexity index is 866. The molecule has 0 atom stereocenters. The van der Waals surface area contributed by atoms with Gasteiger partial charge >= 0.3 is 5.14 Å². The number of hydrogen-bond donors (Lipinski definition) is 1. The first-order valence-corrected chi connectivity index (χ1v) is 9.34. The van der Waals surface area contributed by atoms with Crippen LogP contribution in [0.2, 0.25) is 5.02 Å². The quantitative estimate of drug-likeness (QED) is 0.469. The summed E-state index contributed by atoms with van der Waals surface area (Å²) < 4.78 is 2.09. The van der Waals surface area contributed by atoms with Gasteiger partial charge in [-0.1, -0.05) is 11.6 Å². The number of amides is 1. The van der Waals surface area contributed by atoms with Crippen molar-refractivity contribution in [1.82, 2.24) is 19.9 Å². The lowest BCUT2D eigenvalue weighted by Crippen LogP contribution is -2.23. The summed E-state index contributed by atoms with van der Waals surface area (Å²) in [6, 6.07) is 5.68. The minimum absolute atomic E-state index is 0.103. The molecule has 1 aromatic carbocycles. The summed E-state index contributed by atoms with van der Waals surface area (Å²) in [6.45, 7) is 3.04. The maximum absolute atomic E-state index is 11.2. The third kappa shape index (κ3) is 3.86. The molecule has 0 aliphatic carbocycles. The second kappa shape index (κ2) is 7.19. The van der Waals surface area contributed by atoms with Crippen LogP contribution in [-0.4, -0.2) is 25.5 Å². The lowest BCUT2D eigenvalue weighted by atomic mass is 10.1. The summed E-state index contributed by atoms with van der Waals surface area (Å²) in [7, 11) is 0. The first-order valence-electron chi connectivity index (χ1n) is 6.84. The number of imidazole rings is 1. The van der Waals surface area contributed by atoms with Gasteiger partial charge in [0.05, 0.1) is 29.8 Å². The number of nitrogens with zero attached hydrogens (tertiary/aromatic N) is 3. The minimum Gasteiger partial charge on any atom is -0.358 e. The number of aromatic nitrogens is 3. The van der Waals surface area contributed by atoms with Crippen LogP contribution < -0.4 is 5.32 Å². The molecule has 3 aromatic rings. The third-order valence-corrected chi connectivity index (χ3v) is 5.03. The van der Waals surface area contributed by atoms with E-state index in [-0.39, 0.29) is 5.81 Å². The number of thiazole rings is 1. The van der Waals surface area contributed by atoms with Crippen molar-refractivity contribution in [2.45, 2.75) is 20.0 Å². The molecule has 1 amide bonds. The molecule has 0 aliphatic heterocycles. The third-order valence-electron chi connectivity index (χ3n) is 3.33. The van der Waals surface area contributed by atoms with Crippen molar-refractivity contribution < 1.29 is 4.79 Å². The molecule has 0 bridgehead atoms. The van der Waals surface area contributed by atoms with Crippen LogP contribution in [0.15, 0.2) is 23.6 Å². The zero-order valence-electron chi connectivity index (χ0n) is 12.2. The predicted molar refractivity (Wildman–Crippen MR) is 103 cm³/mol. The molecule has 3 rings (SSSR count). The van der Waals surface area contributed by atoms with Gasteiger partial charge in [-0.3, -0.25) is 4.79 Å². The summed E-state index contributed by atoms with van der Waals surface area (Å²) in [6.07, 6.45) is 0. The van der Waals surface area contributed by atoms with Crippen LogP contribution >= 0.6 is 45.3 Å². The molecule has 0 unspecified atom stereocenters. The fraction of sp³-hybridized carbons (Fsp3) is 0.214. The highest BCUT2D eigenvalue weighted by molar-refractivity contribution is 14.1. The summed E-state index contributed by atoms with van der Waals surface area (Å²) in [5, 5.41) is 7.82. The molecular weight excluding hydrogens is 445 g/mol. The van der Waals surface area contributed by atoms with Gasteiger partial charge in [-0.2, -0.15) is 0 Å². The minimum atomic E-state index is -0.103. The largest absolute Gasteiger partial charge is 0.358 e. The standard InChI is InChI=1S/C14H12BClIN4OS/c1-8-19-11-3-2-9(16)4-12(11)21(8)6-10-7-23-13(20-10)5-18-14(22)15-17/h2-4,7H,5-6H2,1H3,(H,18,22). The van der Waals surface area contributed by atoms with Crippen molar-refractivity contribution in [1.29, 1.82) is 0 Å². The van der Waals surface area contributed by atoms with E-state index in [1.54, 1.807) is 0 Å². The van der Waals surface area contributed by atoms with Crippen molar-refractivity contribution in [3.8, 4) is 0 Å². The summed E-state index contributed by atoms with van der Waals surface area (Å²) >= 11 is 9.54. The molecule has 117 valence electrons. The Balaban J connectivity index is 1.80. The molecule has 0 fully saturated rings. The van der Waals surface area contributed by atoms with Gasteiger partial charge in [-0.05, 0) is 25.1 Å². The molecule has 0 saturated heterocycles. The highest BCUT2D eigenvalue weighted by atomic mass is 127. The SMILES string of the molecule is Cc1nc2ccc(Cl)cc2n1Cc1csc(CNC(=O)[B]I)n1. The number of halogens is 2. The highest BCUT2D eigenvalue weighted by Crippen LogP contribution is 2.22.